The van der Waals surface area contributed by atoms with Crippen molar-refractivity contribution in [1.82, 2.24) is 0 Å². The van der Waals surface area contributed by atoms with Crippen LogP contribution in [-0.4, -0.2) is 28.6 Å². The lowest BCUT2D eigenvalue weighted by molar-refractivity contribution is -0.116. The molecule has 0 radical (unpaired) electrons. The van der Waals surface area contributed by atoms with Gasteiger partial charge in [0, 0.05) is 11.3 Å². The monoisotopic (exact) mass is 249 g/mol. The lowest BCUT2D eigenvalue weighted by atomic mass is 10.0. The van der Waals surface area contributed by atoms with Crippen LogP contribution in [0.4, 0.5) is 0 Å². The van der Waals surface area contributed by atoms with Gasteiger partial charge in [0.05, 0.1) is 12.6 Å². The van der Waals surface area contributed by atoms with Gasteiger partial charge in [-0.2, -0.15) is 0 Å². The molecule has 0 amide bonds. The first kappa shape index (κ1) is 14.2. The number of carbonyl (C=O) groups excluding carboxylic acids is 1. The topological polar surface area (TPSA) is 106 Å². The molecule has 0 aromatic heterocycles. The van der Waals surface area contributed by atoms with Crippen molar-refractivity contribution in [3.8, 4) is 0 Å². The molecule has 0 aliphatic carbocycles. The number of hydrogen-bond donors (Lipinski definition) is 2. The van der Waals surface area contributed by atoms with Gasteiger partial charge in [0.25, 0.3) is 0 Å². The minimum atomic E-state index is -1.14. The fourth-order valence-corrected chi connectivity index (χ4v) is 1.56. The van der Waals surface area contributed by atoms with Gasteiger partial charge in [-0.3, -0.25) is 4.79 Å². The zero-order chi connectivity index (χ0) is 13.5. The van der Waals surface area contributed by atoms with Gasteiger partial charge in [-0.1, -0.05) is 29.4 Å². The van der Waals surface area contributed by atoms with Crippen molar-refractivity contribution in [3.63, 3.8) is 0 Å². The summed E-state index contributed by atoms with van der Waals surface area (Å²) in [5.41, 5.74) is 9.49. The van der Waals surface area contributed by atoms with Crippen LogP contribution in [0.1, 0.15) is 24.2 Å². The van der Waals surface area contributed by atoms with Gasteiger partial charge in [0.2, 0.25) is 0 Å². The molecule has 2 N–H and O–H groups in total. The van der Waals surface area contributed by atoms with Crippen LogP contribution in [0.15, 0.2) is 29.4 Å². The Hall–Kier alpha value is -1.88. The third-order valence-electron chi connectivity index (χ3n) is 2.47. The number of rotatable bonds is 6. The molecule has 0 saturated heterocycles. The van der Waals surface area contributed by atoms with E-state index in [0.29, 0.717) is 12.0 Å². The Kier molecular flexibility index (Phi) is 5.32. The van der Waals surface area contributed by atoms with Crippen LogP contribution >= 0.6 is 0 Å². The Morgan fingerprint density at radius 3 is 2.50 bits per heavy atom. The Labute approximate surface area is 105 Å². The second-order valence-corrected chi connectivity index (χ2v) is 4.05. The highest BCUT2D eigenvalue weighted by Gasteiger charge is 2.17. The predicted molar refractivity (Wildman–Crippen MR) is 65.8 cm³/mol. The summed E-state index contributed by atoms with van der Waals surface area (Å²) in [7, 11) is 0. The standard InChI is InChI=1S/C12H15N3O3/c1-8(16)6-9-2-4-10(5-3-9)12(18)11(17)7-14-15-13/h2-5,11-12,17-18H,6-7H2,1H3. The highest BCUT2D eigenvalue weighted by Crippen LogP contribution is 2.18. The lowest BCUT2D eigenvalue weighted by Crippen LogP contribution is -2.21. The van der Waals surface area contributed by atoms with E-state index < -0.39 is 12.2 Å². The molecule has 0 fully saturated rings. The van der Waals surface area contributed by atoms with E-state index in [1.165, 1.54) is 6.92 Å². The summed E-state index contributed by atoms with van der Waals surface area (Å²) in [5, 5.41) is 22.5. The minimum Gasteiger partial charge on any atom is -0.390 e. The van der Waals surface area contributed by atoms with Crippen molar-refractivity contribution in [2.45, 2.75) is 25.6 Å². The fraction of sp³-hybridized carbons (Fsp3) is 0.417. The van der Waals surface area contributed by atoms with Crippen LogP contribution < -0.4 is 0 Å². The summed E-state index contributed by atoms with van der Waals surface area (Å²) >= 11 is 0. The molecule has 1 aromatic carbocycles. The number of aliphatic hydroxyl groups is 2. The first-order chi connectivity index (χ1) is 8.54. The highest BCUT2D eigenvalue weighted by molar-refractivity contribution is 5.78. The Morgan fingerprint density at radius 2 is 2.00 bits per heavy atom. The summed E-state index contributed by atoms with van der Waals surface area (Å²) in [5.74, 6) is 0.0618. The van der Waals surface area contributed by atoms with Crippen molar-refractivity contribution in [2.24, 2.45) is 5.11 Å². The van der Waals surface area contributed by atoms with Gasteiger partial charge in [-0.15, -0.1) is 0 Å². The van der Waals surface area contributed by atoms with Crippen molar-refractivity contribution in [2.75, 3.05) is 6.54 Å². The van der Waals surface area contributed by atoms with Crippen molar-refractivity contribution in [1.29, 1.82) is 0 Å². The van der Waals surface area contributed by atoms with Gasteiger partial charge in [0.15, 0.2) is 0 Å². The van der Waals surface area contributed by atoms with E-state index in [9.17, 15) is 15.0 Å². The highest BCUT2D eigenvalue weighted by atomic mass is 16.3. The summed E-state index contributed by atoms with van der Waals surface area (Å²) in [6, 6.07) is 6.73. The van der Waals surface area contributed by atoms with Gasteiger partial charge in [0.1, 0.15) is 11.9 Å². The molecule has 6 nitrogen and oxygen atoms in total. The number of nitrogens with zero attached hydrogens (tertiary/aromatic N) is 3. The van der Waals surface area contributed by atoms with Gasteiger partial charge in [-0.05, 0) is 23.6 Å². The molecule has 2 atom stereocenters. The van der Waals surface area contributed by atoms with Crippen LogP contribution in [0.25, 0.3) is 10.4 Å². The molecule has 0 saturated carbocycles. The molecule has 96 valence electrons. The van der Waals surface area contributed by atoms with E-state index in [0.717, 1.165) is 5.56 Å². The average Bonchev–Trinajstić information content (AvgIpc) is 2.35. The number of azide groups is 1. The van der Waals surface area contributed by atoms with Crippen molar-refractivity contribution >= 4 is 5.78 Å². The van der Waals surface area contributed by atoms with E-state index in [1.807, 2.05) is 0 Å². The number of hydrogen-bond acceptors (Lipinski definition) is 4. The normalized spacial score (nSPS) is 13.5. The Morgan fingerprint density at radius 1 is 1.39 bits per heavy atom. The summed E-state index contributed by atoms with van der Waals surface area (Å²) in [4.78, 5) is 13.4. The van der Waals surface area contributed by atoms with E-state index in [4.69, 9.17) is 5.53 Å². The summed E-state index contributed by atoms with van der Waals surface area (Å²) in [6.45, 7) is 1.32. The second-order valence-electron chi connectivity index (χ2n) is 4.05. The van der Waals surface area contributed by atoms with E-state index >= 15 is 0 Å². The maximum atomic E-state index is 10.9. The molecule has 2 unspecified atom stereocenters. The van der Waals surface area contributed by atoms with Crippen LogP contribution in [0, 0.1) is 0 Å². The smallest absolute Gasteiger partial charge is 0.134 e. The zero-order valence-electron chi connectivity index (χ0n) is 10.0. The van der Waals surface area contributed by atoms with Gasteiger partial charge >= 0.3 is 0 Å². The molecule has 0 spiro atoms. The number of Topliss-reactive ketones (excluding diaryl/α,β-unsaturated/α-hetero) is 1. The third-order valence-corrected chi connectivity index (χ3v) is 2.47. The summed E-state index contributed by atoms with van der Waals surface area (Å²) < 4.78 is 0. The van der Waals surface area contributed by atoms with E-state index in [2.05, 4.69) is 10.0 Å². The first-order valence-electron chi connectivity index (χ1n) is 5.50. The molecular formula is C12H15N3O3. The van der Waals surface area contributed by atoms with E-state index in [-0.39, 0.29) is 12.3 Å². The fourth-order valence-electron chi connectivity index (χ4n) is 1.56. The average molecular weight is 249 g/mol. The lowest BCUT2D eigenvalue weighted by Gasteiger charge is -2.16. The molecule has 1 aromatic rings. The quantitative estimate of drug-likeness (QED) is 0.453. The number of ketones is 1. The molecule has 1 rings (SSSR count). The van der Waals surface area contributed by atoms with Crippen molar-refractivity contribution < 1.29 is 15.0 Å². The Balaban J connectivity index is 2.71. The maximum Gasteiger partial charge on any atom is 0.134 e. The van der Waals surface area contributed by atoms with Crippen LogP contribution in [0.2, 0.25) is 0 Å². The number of carbonyl (C=O) groups is 1. The zero-order valence-corrected chi connectivity index (χ0v) is 10.0. The van der Waals surface area contributed by atoms with Crippen LogP contribution in [0.3, 0.4) is 0 Å². The van der Waals surface area contributed by atoms with Crippen molar-refractivity contribution in [3.05, 3.63) is 45.8 Å². The maximum absolute atomic E-state index is 10.9. The first-order valence-corrected chi connectivity index (χ1v) is 5.50. The molecule has 0 bridgehead atoms. The second kappa shape index (κ2) is 6.76. The molecule has 0 heterocycles. The molecule has 0 aliphatic rings. The van der Waals surface area contributed by atoms with Crippen LogP contribution in [0.5, 0.6) is 0 Å². The minimum absolute atomic E-state index is 0.0618. The Bertz CT molecular complexity index is 452. The predicted octanol–water partition coefficient (Wildman–Crippen LogP) is 1.52. The molecule has 18 heavy (non-hydrogen) atoms. The van der Waals surface area contributed by atoms with E-state index in [1.54, 1.807) is 24.3 Å². The van der Waals surface area contributed by atoms with Gasteiger partial charge < -0.3 is 10.2 Å². The third kappa shape index (κ3) is 4.18. The number of aliphatic hydroxyl groups excluding tert-OH is 2. The van der Waals surface area contributed by atoms with Gasteiger partial charge in [-0.25, -0.2) is 0 Å². The summed E-state index contributed by atoms with van der Waals surface area (Å²) in [6.07, 6.45) is -1.90. The molecule has 0 aliphatic heterocycles. The SMILES string of the molecule is CC(=O)Cc1ccc(C(O)C(O)CN=[N+]=[N-])cc1. The number of benzene rings is 1. The van der Waals surface area contributed by atoms with Crippen LogP contribution in [-0.2, 0) is 11.2 Å². The molecule has 6 heteroatoms. The largest absolute Gasteiger partial charge is 0.390 e. The molecular weight excluding hydrogens is 234 g/mol.